The van der Waals surface area contributed by atoms with Gasteiger partial charge in [-0.05, 0) is 47.9 Å². The van der Waals surface area contributed by atoms with Crippen LogP contribution in [0, 0.1) is 6.92 Å². The van der Waals surface area contributed by atoms with Crippen LogP contribution in [0.1, 0.15) is 16.7 Å². The number of carbonyl (C=O) groups excluding carboxylic acids is 3. The summed E-state index contributed by atoms with van der Waals surface area (Å²) in [5.74, 6) is -0.116. The summed E-state index contributed by atoms with van der Waals surface area (Å²) in [5, 5.41) is 5.43. The van der Waals surface area contributed by atoms with E-state index >= 15 is 0 Å². The van der Waals surface area contributed by atoms with Gasteiger partial charge in [-0.15, -0.1) is 0 Å². The molecule has 0 unspecified atom stereocenters. The largest absolute Gasteiger partial charge is 0.484 e. The van der Waals surface area contributed by atoms with Crippen molar-refractivity contribution in [2.24, 2.45) is 0 Å². The molecule has 0 atom stereocenters. The van der Waals surface area contributed by atoms with Crippen molar-refractivity contribution < 1.29 is 19.1 Å². The van der Waals surface area contributed by atoms with Crippen LogP contribution in [-0.2, 0) is 16.1 Å². The highest BCUT2D eigenvalue weighted by atomic mass is 16.5. The minimum Gasteiger partial charge on any atom is -0.484 e. The van der Waals surface area contributed by atoms with Gasteiger partial charge in [-0.1, -0.05) is 60.7 Å². The number of amides is 4. The van der Waals surface area contributed by atoms with Crippen LogP contribution in [0.15, 0.2) is 84.6 Å². The first kappa shape index (κ1) is 21.8. The number of aryl methyl sites for hydroxylation is 1. The number of para-hydroxylation sites is 1. The number of rotatable bonds is 7. The minimum absolute atomic E-state index is 0.127. The molecule has 0 aliphatic carbocycles. The van der Waals surface area contributed by atoms with E-state index in [2.05, 4.69) is 10.6 Å². The second-order valence-electron chi connectivity index (χ2n) is 7.59. The van der Waals surface area contributed by atoms with Crippen molar-refractivity contribution in [1.82, 2.24) is 10.2 Å². The number of ether oxygens (including phenoxy) is 1. The van der Waals surface area contributed by atoms with E-state index in [0.717, 1.165) is 22.4 Å². The zero-order valence-corrected chi connectivity index (χ0v) is 18.1. The fourth-order valence-electron chi connectivity index (χ4n) is 3.36. The van der Waals surface area contributed by atoms with Gasteiger partial charge in [0.15, 0.2) is 6.61 Å². The van der Waals surface area contributed by atoms with Crippen LogP contribution in [-0.4, -0.2) is 29.4 Å². The molecular formula is C26H23N3O4. The van der Waals surface area contributed by atoms with Gasteiger partial charge in [-0.3, -0.25) is 14.5 Å². The van der Waals surface area contributed by atoms with Crippen molar-refractivity contribution in [3.8, 4) is 5.75 Å². The molecule has 0 aromatic heterocycles. The molecule has 1 aliphatic rings. The van der Waals surface area contributed by atoms with Crippen molar-refractivity contribution in [3.05, 3.63) is 101 Å². The zero-order valence-electron chi connectivity index (χ0n) is 18.1. The topological polar surface area (TPSA) is 87.7 Å². The van der Waals surface area contributed by atoms with E-state index in [-0.39, 0.29) is 30.7 Å². The Morgan fingerprint density at radius 3 is 2.39 bits per heavy atom. The van der Waals surface area contributed by atoms with Gasteiger partial charge in [0.1, 0.15) is 11.4 Å². The van der Waals surface area contributed by atoms with Gasteiger partial charge in [0.05, 0.1) is 6.54 Å². The van der Waals surface area contributed by atoms with Crippen molar-refractivity contribution in [2.45, 2.75) is 13.5 Å². The summed E-state index contributed by atoms with van der Waals surface area (Å²) in [4.78, 5) is 38.2. The van der Waals surface area contributed by atoms with E-state index in [0.29, 0.717) is 5.75 Å². The van der Waals surface area contributed by atoms with E-state index in [1.54, 1.807) is 30.3 Å². The lowest BCUT2D eigenvalue weighted by Gasteiger charge is -2.11. The van der Waals surface area contributed by atoms with Gasteiger partial charge in [-0.25, -0.2) is 4.79 Å². The summed E-state index contributed by atoms with van der Waals surface area (Å²) in [6.45, 7) is 2.00. The number of imide groups is 1. The van der Waals surface area contributed by atoms with Crippen LogP contribution in [0.5, 0.6) is 5.75 Å². The third kappa shape index (κ3) is 5.46. The predicted octanol–water partition coefficient (Wildman–Crippen LogP) is 4.11. The monoisotopic (exact) mass is 441 g/mol. The summed E-state index contributed by atoms with van der Waals surface area (Å²) >= 11 is 0. The summed E-state index contributed by atoms with van der Waals surface area (Å²) in [6.07, 6.45) is 1.61. The Bertz CT molecular complexity index is 1200. The van der Waals surface area contributed by atoms with Crippen LogP contribution in [0.25, 0.3) is 6.08 Å². The van der Waals surface area contributed by atoms with Crippen LogP contribution >= 0.6 is 0 Å². The highest BCUT2D eigenvalue weighted by Crippen LogP contribution is 2.19. The molecular weight excluding hydrogens is 418 g/mol. The Labute approximate surface area is 191 Å². The first-order valence-corrected chi connectivity index (χ1v) is 10.5. The van der Waals surface area contributed by atoms with Gasteiger partial charge >= 0.3 is 6.03 Å². The van der Waals surface area contributed by atoms with Gasteiger partial charge < -0.3 is 15.4 Å². The summed E-state index contributed by atoms with van der Waals surface area (Å²) < 4.78 is 5.55. The first-order valence-electron chi connectivity index (χ1n) is 10.5. The number of anilines is 1. The molecule has 166 valence electrons. The van der Waals surface area contributed by atoms with Crippen molar-refractivity contribution in [2.75, 3.05) is 11.9 Å². The average Bonchev–Trinajstić information content (AvgIpc) is 3.08. The Hall–Kier alpha value is -4.39. The van der Waals surface area contributed by atoms with E-state index < -0.39 is 6.03 Å². The van der Waals surface area contributed by atoms with Crippen LogP contribution in [0.4, 0.5) is 10.5 Å². The molecule has 1 saturated heterocycles. The van der Waals surface area contributed by atoms with Crippen molar-refractivity contribution in [1.29, 1.82) is 0 Å². The number of urea groups is 1. The Balaban J connectivity index is 1.34. The van der Waals surface area contributed by atoms with Crippen molar-refractivity contribution in [3.63, 3.8) is 0 Å². The molecule has 7 nitrogen and oxygen atoms in total. The maximum atomic E-state index is 12.6. The summed E-state index contributed by atoms with van der Waals surface area (Å²) in [5.41, 5.74) is 3.52. The fraction of sp³-hybridized carbons (Fsp3) is 0.115. The average molecular weight is 441 g/mol. The molecule has 33 heavy (non-hydrogen) atoms. The maximum Gasteiger partial charge on any atom is 0.329 e. The van der Waals surface area contributed by atoms with Gasteiger partial charge in [0.2, 0.25) is 0 Å². The molecule has 4 rings (SSSR count). The minimum atomic E-state index is -0.449. The Morgan fingerprint density at radius 1 is 0.970 bits per heavy atom. The molecule has 7 heteroatoms. The van der Waals surface area contributed by atoms with Crippen LogP contribution < -0.4 is 15.4 Å². The van der Waals surface area contributed by atoms with Gasteiger partial charge in [0.25, 0.3) is 11.8 Å². The third-order valence-electron chi connectivity index (χ3n) is 5.13. The number of hydrogen-bond donors (Lipinski definition) is 2. The molecule has 1 fully saturated rings. The lowest BCUT2D eigenvalue weighted by Crippen LogP contribution is -2.30. The van der Waals surface area contributed by atoms with E-state index in [1.165, 1.54) is 4.90 Å². The fourth-order valence-corrected chi connectivity index (χ4v) is 3.36. The molecule has 0 spiro atoms. The molecule has 0 radical (unpaired) electrons. The van der Waals surface area contributed by atoms with Crippen LogP contribution in [0.2, 0.25) is 0 Å². The standard InChI is InChI=1S/C26H23N3O4/c1-18-7-5-6-10-22(18)27-24(30)17-33-21-13-11-19(12-14-21)15-23-25(31)29(26(32)28-23)16-20-8-3-2-4-9-20/h2-15H,16-17H2,1H3,(H,27,30)(H,28,32)/b23-15-. The zero-order chi connectivity index (χ0) is 23.2. The normalized spacial score (nSPS) is 14.3. The molecule has 1 heterocycles. The number of nitrogens with one attached hydrogen (secondary N) is 2. The number of carbonyl (C=O) groups is 3. The number of benzene rings is 3. The highest BCUT2D eigenvalue weighted by Gasteiger charge is 2.33. The third-order valence-corrected chi connectivity index (χ3v) is 5.13. The van der Waals surface area contributed by atoms with E-state index in [1.807, 2.05) is 61.5 Å². The van der Waals surface area contributed by atoms with Gasteiger partial charge in [0, 0.05) is 5.69 Å². The molecule has 3 aromatic carbocycles. The highest BCUT2D eigenvalue weighted by molar-refractivity contribution is 6.13. The Morgan fingerprint density at radius 2 is 1.67 bits per heavy atom. The van der Waals surface area contributed by atoms with Gasteiger partial charge in [-0.2, -0.15) is 0 Å². The second kappa shape index (κ2) is 9.82. The second-order valence-corrected chi connectivity index (χ2v) is 7.59. The molecule has 0 saturated carbocycles. The van der Waals surface area contributed by atoms with Crippen LogP contribution in [0.3, 0.4) is 0 Å². The first-order chi connectivity index (χ1) is 16.0. The summed E-state index contributed by atoms with van der Waals surface area (Å²) in [7, 11) is 0. The lowest BCUT2D eigenvalue weighted by atomic mass is 10.1. The van der Waals surface area contributed by atoms with E-state index in [4.69, 9.17) is 4.74 Å². The van der Waals surface area contributed by atoms with Crippen molar-refractivity contribution >= 4 is 29.6 Å². The number of nitrogens with zero attached hydrogens (tertiary/aromatic N) is 1. The SMILES string of the molecule is Cc1ccccc1NC(=O)COc1ccc(/C=C2\NC(=O)N(Cc3ccccc3)C2=O)cc1. The summed E-state index contributed by atoms with van der Waals surface area (Å²) in [6, 6.07) is 23.3. The van der Waals surface area contributed by atoms with E-state index in [9.17, 15) is 14.4 Å². The smallest absolute Gasteiger partial charge is 0.329 e. The predicted molar refractivity (Wildman–Crippen MR) is 125 cm³/mol. The molecule has 0 bridgehead atoms. The lowest BCUT2D eigenvalue weighted by molar-refractivity contribution is -0.123. The molecule has 1 aliphatic heterocycles. The molecule has 4 amide bonds. The molecule has 3 aromatic rings. The maximum absolute atomic E-state index is 12.6. The quantitative estimate of drug-likeness (QED) is 0.427. The Kier molecular flexibility index (Phi) is 6.50. The number of hydrogen-bond acceptors (Lipinski definition) is 4. The molecule has 2 N–H and O–H groups in total.